The van der Waals surface area contributed by atoms with E-state index in [1.54, 1.807) is 29.9 Å². The van der Waals surface area contributed by atoms with E-state index in [0.717, 1.165) is 0 Å². The highest BCUT2D eigenvalue weighted by Crippen LogP contribution is 2.20. The van der Waals surface area contributed by atoms with Crippen LogP contribution in [0.3, 0.4) is 0 Å². The van der Waals surface area contributed by atoms with E-state index in [4.69, 9.17) is 5.73 Å². The molecule has 3 N–H and O–H groups in total. The average Bonchev–Trinajstić information content (AvgIpc) is 2.63. The molecule has 94 valence electrons. The monoisotopic (exact) mass is 311 g/mol. The molecule has 0 saturated carbocycles. The lowest BCUT2D eigenvalue weighted by molar-refractivity contribution is 0.101. The van der Waals surface area contributed by atoms with Crippen LogP contribution in [0.4, 0.5) is 15.8 Å². The van der Waals surface area contributed by atoms with E-state index in [1.807, 2.05) is 0 Å². The molecule has 18 heavy (non-hydrogen) atoms. The van der Waals surface area contributed by atoms with Gasteiger partial charge in [0.2, 0.25) is 0 Å². The van der Waals surface area contributed by atoms with Crippen molar-refractivity contribution in [1.82, 2.24) is 4.57 Å². The zero-order valence-corrected chi connectivity index (χ0v) is 11.2. The maximum absolute atomic E-state index is 13.3. The molecule has 4 nitrogen and oxygen atoms in total. The number of hydrogen-bond acceptors (Lipinski definition) is 2. The maximum atomic E-state index is 13.3. The zero-order chi connectivity index (χ0) is 13.3. The Labute approximate surface area is 112 Å². The number of carbonyl (C=O) groups excluding carboxylic acids is 1. The van der Waals surface area contributed by atoms with E-state index in [0.29, 0.717) is 21.5 Å². The van der Waals surface area contributed by atoms with Crippen molar-refractivity contribution in [2.45, 2.75) is 0 Å². The number of hydrogen-bond donors (Lipinski definition) is 2. The van der Waals surface area contributed by atoms with Crippen LogP contribution >= 0.6 is 15.9 Å². The molecule has 0 bridgehead atoms. The van der Waals surface area contributed by atoms with Crippen molar-refractivity contribution in [3.05, 3.63) is 46.4 Å². The van der Waals surface area contributed by atoms with Gasteiger partial charge in [-0.1, -0.05) is 0 Å². The summed E-state index contributed by atoms with van der Waals surface area (Å²) in [5.74, 6) is -0.768. The molecule has 0 radical (unpaired) electrons. The number of nitrogens with one attached hydrogen (secondary N) is 1. The fourth-order valence-corrected chi connectivity index (χ4v) is 1.83. The molecule has 1 heterocycles. The molecule has 1 aromatic heterocycles. The number of amides is 1. The van der Waals surface area contributed by atoms with Gasteiger partial charge >= 0.3 is 0 Å². The van der Waals surface area contributed by atoms with Gasteiger partial charge < -0.3 is 15.6 Å². The summed E-state index contributed by atoms with van der Waals surface area (Å²) in [6.07, 6.45) is 1.64. The lowest BCUT2D eigenvalue weighted by Crippen LogP contribution is -2.15. The SMILES string of the molecule is Cn1cc(N)cc1C(=O)Nc1ccc(Br)c(F)c1. The third-order valence-electron chi connectivity index (χ3n) is 2.44. The topological polar surface area (TPSA) is 60.0 Å². The number of nitrogens with two attached hydrogens (primary N) is 1. The van der Waals surface area contributed by atoms with Crippen LogP contribution in [0.25, 0.3) is 0 Å². The van der Waals surface area contributed by atoms with Crippen LogP contribution < -0.4 is 11.1 Å². The lowest BCUT2D eigenvalue weighted by Gasteiger charge is -2.06. The molecule has 2 aromatic rings. The van der Waals surface area contributed by atoms with Gasteiger partial charge in [0.15, 0.2) is 0 Å². The van der Waals surface area contributed by atoms with Crippen molar-refractivity contribution < 1.29 is 9.18 Å². The zero-order valence-electron chi connectivity index (χ0n) is 9.58. The van der Waals surface area contributed by atoms with Crippen LogP contribution in [-0.2, 0) is 7.05 Å². The van der Waals surface area contributed by atoms with E-state index in [-0.39, 0.29) is 5.91 Å². The largest absolute Gasteiger partial charge is 0.397 e. The summed E-state index contributed by atoms with van der Waals surface area (Å²) in [5.41, 5.74) is 6.89. The van der Waals surface area contributed by atoms with Gasteiger partial charge in [-0.25, -0.2) is 4.39 Å². The van der Waals surface area contributed by atoms with Gasteiger partial charge in [-0.05, 0) is 40.2 Å². The predicted molar refractivity (Wildman–Crippen MR) is 71.9 cm³/mol. The molecular weight excluding hydrogens is 301 g/mol. The smallest absolute Gasteiger partial charge is 0.272 e. The molecule has 0 aliphatic rings. The standard InChI is InChI=1S/C12H11BrFN3O/c1-17-6-7(15)4-11(17)12(18)16-8-2-3-9(13)10(14)5-8/h2-6H,15H2,1H3,(H,16,18). The summed E-state index contributed by atoms with van der Waals surface area (Å²) in [4.78, 5) is 11.9. The summed E-state index contributed by atoms with van der Waals surface area (Å²) in [6, 6.07) is 5.94. The second-order valence-electron chi connectivity index (χ2n) is 3.85. The first-order chi connectivity index (χ1) is 8.47. The van der Waals surface area contributed by atoms with Crippen LogP contribution in [0.2, 0.25) is 0 Å². The molecule has 1 aromatic carbocycles. The molecule has 0 fully saturated rings. The molecule has 6 heteroatoms. The van der Waals surface area contributed by atoms with Gasteiger partial charge in [0.25, 0.3) is 5.91 Å². The Bertz CT molecular complexity index is 609. The van der Waals surface area contributed by atoms with Crippen LogP contribution in [0.1, 0.15) is 10.5 Å². The number of anilines is 2. The number of benzene rings is 1. The minimum Gasteiger partial charge on any atom is -0.397 e. The first-order valence-corrected chi connectivity index (χ1v) is 5.95. The number of nitrogen functional groups attached to an aromatic ring is 1. The predicted octanol–water partition coefficient (Wildman–Crippen LogP) is 2.76. The lowest BCUT2D eigenvalue weighted by atomic mass is 10.3. The quantitative estimate of drug-likeness (QED) is 0.896. The molecule has 1 amide bonds. The summed E-state index contributed by atoms with van der Waals surface area (Å²) < 4.78 is 15.3. The van der Waals surface area contributed by atoms with Crippen molar-refractivity contribution in [3.63, 3.8) is 0 Å². The molecule has 2 rings (SSSR count). The number of aryl methyl sites for hydroxylation is 1. The second kappa shape index (κ2) is 4.81. The molecule has 0 saturated heterocycles. The Kier molecular flexibility index (Phi) is 3.38. The molecule has 0 aliphatic carbocycles. The summed E-state index contributed by atoms with van der Waals surface area (Å²) in [7, 11) is 1.72. The van der Waals surface area contributed by atoms with Gasteiger partial charge in [0.05, 0.1) is 10.2 Å². The van der Waals surface area contributed by atoms with Crippen molar-refractivity contribution >= 4 is 33.2 Å². The van der Waals surface area contributed by atoms with E-state index in [1.165, 1.54) is 12.1 Å². The van der Waals surface area contributed by atoms with E-state index in [2.05, 4.69) is 21.2 Å². The number of aromatic nitrogens is 1. The Morgan fingerprint density at radius 1 is 1.44 bits per heavy atom. The van der Waals surface area contributed by atoms with Crippen LogP contribution in [0, 0.1) is 5.82 Å². The second-order valence-corrected chi connectivity index (χ2v) is 4.71. The van der Waals surface area contributed by atoms with Crippen LogP contribution in [0.5, 0.6) is 0 Å². The van der Waals surface area contributed by atoms with Gasteiger partial charge in [0.1, 0.15) is 11.5 Å². The van der Waals surface area contributed by atoms with Gasteiger partial charge in [-0.15, -0.1) is 0 Å². The first-order valence-electron chi connectivity index (χ1n) is 5.15. The third-order valence-corrected chi connectivity index (χ3v) is 3.08. The Balaban J connectivity index is 2.21. The summed E-state index contributed by atoms with van der Waals surface area (Å²) >= 11 is 3.05. The van der Waals surface area contributed by atoms with E-state index >= 15 is 0 Å². The normalized spacial score (nSPS) is 10.4. The van der Waals surface area contributed by atoms with Gasteiger partial charge in [-0.2, -0.15) is 0 Å². The minimum atomic E-state index is -0.431. The third kappa shape index (κ3) is 2.53. The number of halogens is 2. The average molecular weight is 312 g/mol. The Morgan fingerprint density at radius 3 is 2.72 bits per heavy atom. The fraction of sp³-hybridized carbons (Fsp3) is 0.0833. The highest BCUT2D eigenvalue weighted by atomic mass is 79.9. The molecule has 0 aliphatic heterocycles. The van der Waals surface area contributed by atoms with E-state index in [9.17, 15) is 9.18 Å². The fourth-order valence-electron chi connectivity index (χ4n) is 1.58. The van der Waals surface area contributed by atoms with E-state index < -0.39 is 5.82 Å². The summed E-state index contributed by atoms with van der Waals surface area (Å²) in [5, 5.41) is 2.60. The maximum Gasteiger partial charge on any atom is 0.272 e. The molecular formula is C12H11BrFN3O. The van der Waals surface area contributed by atoms with Gasteiger partial charge in [0, 0.05) is 18.9 Å². The highest BCUT2D eigenvalue weighted by Gasteiger charge is 2.11. The molecule has 0 spiro atoms. The molecule has 0 atom stereocenters. The first kappa shape index (κ1) is 12.6. The molecule has 0 unspecified atom stereocenters. The van der Waals surface area contributed by atoms with Crippen LogP contribution in [0.15, 0.2) is 34.9 Å². The number of carbonyl (C=O) groups is 1. The minimum absolute atomic E-state index is 0.337. The number of rotatable bonds is 2. The van der Waals surface area contributed by atoms with Crippen molar-refractivity contribution in [3.8, 4) is 0 Å². The highest BCUT2D eigenvalue weighted by molar-refractivity contribution is 9.10. The van der Waals surface area contributed by atoms with Crippen molar-refractivity contribution in [2.75, 3.05) is 11.1 Å². The van der Waals surface area contributed by atoms with Crippen molar-refractivity contribution in [1.29, 1.82) is 0 Å². The van der Waals surface area contributed by atoms with Gasteiger partial charge in [-0.3, -0.25) is 4.79 Å². The van der Waals surface area contributed by atoms with Crippen molar-refractivity contribution in [2.24, 2.45) is 7.05 Å². The Hall–Kier alpha value is -1.82. The summed E-state index contributed by atoms with van der Waals surface area (Å²) in [6.45, 7) is 0. The Morgan fingerprint density at radius 2 is 2.17 bits per heavy atom. The number of nitrogens with zero attached hydrogens (tertiary/aromatic N) is 1. The van der Waals surface area contributed by atoms with Crippen LogP contribution in [-0.4, -0.2) is 10.5 Å².